The Morgan fingerprint density at radius 1 is 1.57 bits per heavy atom. The van der Waals surface area contributed by atoms with Crippen LogP contribution in [-0.4, -0.2) is 25.9 Å². The molecule has 0 amide bonds. The van der Waals surface area contributed by atoms with Gasteiger partial charge in [0.2, 0.25) is 0 Å². The van der Waals surface area contributed by atoms with E-state index >= 15 is 0 Å². The van der Waals surface area contributed by atoms with Crippen LogP contribution in [0.15, 0.2) is 16.8 Å². The maximum Gasteiger partial charge on any atom is 0.102 e. The van der Waals surface area contributed by atoms with Crippen LogP contribution < -0.4 is 11.3 Å². The first kappa shape index (κ1) is 10.1. The van der Waals surface area contributed by atoms with Gasteiger partial charge >= 0.3 is 0 Å². The number of thiophene rings is 1. The highest BCUT2D eigenvalue weighted by atomic mass is 32.1. The highest BCUT2D eigenvalue weighted by Crippen LogP contribution is 2.22. The van der Waals surface area contributed by atoms with Crippen LogP contribution in [0.4, 0.5) is 0 Å². The molecule has 1 aliphatic rings. The van der Waals surface area contributed by atoms with Crippen molar-refractivity contribution in [1.29, 1.82) is 0 Å². The molecule has 0 bridgehead atoms. The predicted molar refractivity (Wildman–Crippen MR) is 54.9 cm³/mol. The molecule has 0 aromatic carbocycles. The van der Waals surface area contributed by atoms with Crippen molar-refractivity contribution in [3.63, 3.8) is 0 Å². The van der Waals surface area contributed by atoms with Crippen molar-refractivity contribution in [2.45, 2.75) is 12.1 Å². The van der Waals surface area contributed by atoms with Crippen molar-refractivity contribution in [2.24, 2.45) is 5.84 Å². The maximum atomic E-state index is 5.59. The van der Waals surface area contributed by atoms with E-state index < -0.39 is 0 Å². The van der Waals surface area contributed by atoms with Gasteiger partial charge in [-0.25, -0.2) is 0 Å². The first-order chi connectivity index (χ1) is 6.92. The third-order valence-electron chi connectivity index (χ3n) is 2.30. The molecule has 2 heterocycles. The van der Waals surface area contributed by atoms with E-state index in [1.54, 1.807) is 11.3 Å². The Morgan fingerprint density at radius 2 is 2.50 bits per heavy atom. The molecule has 14 heavy (non-hydrogen) atoms. The average Bonchev–Trinajstić information content (AvgIpc) is 2.74. The van der Waals surface area contributed by atoms with Crippen molar-refractivity contribution in [3.8, 4) is 0 Å². The second kappa shape index (κ2) is 4.86. The van der Waals surface area contributed by atoms with Crippen molar-refractivity contribution in [2.75, 3.05) is 19.8 Å². The molecule has 2 rings (SSSR count). The molecule has 0 saturated carbocycles. The number of hydrogen-bond donors (Lipinski definition) is 2. The van der Waals surface area contributed by atoms with Crippen LogP contribution in [0.5, 0.6) is 0 Å². The fourth-order valence-corrected chi connectivity index (χ4v) is 2.27. The maximum absolute atomic E-state index is 5.59. The minimum absolute atomic E-state index is 0.0170. The molecule has 4 nitrogen and oxygen atoms in total. The topological polar surface area (TPSA) is 56.5 Å². The molecular weight excluding hydrogens is 200 g/mol. The van der Waals surface area contributed by atoms with Gasteiger partial charge in [0.15, 0.2) is 0 Å². The lowest BCUT2D eigenvalue weighted by Gasteiger charge is -2.29. The molecule has 0 spiro atoms. The lowest BCUT2D eigenvalue weighted by atomic mass is 10.1. The molecule has 1 aliphatic heterocycles. The van der Waals surface area contributed by atoms with E-state index in [0.717, 1.165) is 5.56 Å². The molecule has 2 unspecified atom stereocenters. The molecule has 1 saturated heterocycles. The van der Waals surface area contributed by atoms with Crippen LogP contribution in [0.25, 0.3) is 0 Å². The number of ether oxygens (including phenoxy) is 2. The second-order valence-corrected chi connectivity index (χ2v) is 3.97. The molecule has 0 radical (unpaired) electrons. The molecule has 2 atom stereocenters. The zero-order valence-corrected chi connectivity index (χ0v) is 8.63. The summed E-state index contributed by atoms with van der Waals surface area (Å²) in [5, 5.41) is 4.10. The third-order valence-corrected chi connectivity index (χ3v) is 3.00. The zero-order valence-electron chi connectivity index (χ0n) is 7.81. The number of hydrazine groups is 1. The van der Waals surface area contributed by atoms with E-state index in [4.69, 9.17) is 15.3 Å². The predicted octanol–water partition coefficient (Wildman–Crippen LogP) is 0.668. The fraction of sp³-hybridized carbons (Fsp3) is 0.556. The summed E-state index contributed by atoms with van der Waals surface area (Å²) in [4.78, 5) is 0. The minimum Gasteiger partial charge on any atom is -0.376 e. The first-order valence-electron chi connectivity index (χ1n) is 4.59. The van der Waals surface area contributed by atoms with Gasteiger partial charge in [0, 0.05) is 0 Å². The summed E-state index contributed by atoms with van der Waals surface area (Å²) >= 11 is 1.66. The van der Waals surface area contributed by atoms with E-state index in [-0.39, 0.29) is 12.1 Å². The van der Waals surface area contributed by atoms with Gasteiger partial charge in [0.25, 0.3) is 0 Å². The Labute approximate surface area is 87.0 Å². The molecule has 1 aromatic heterocycles. The van der Waals surface area contributed by atoms with Gasteiger partial charge in [0.1, 0.15) is 6.10 Å². The quantitative estimate of drug-likeness (QED) is 0.573. The summed E-state index contributed by atoms with van der Waals surface area (Å²) in [6.45, 7) is 1.93. The molecule has 0 aliphatic carbocycles. The molecule has 78 valence electrons. The molecular formula is C9H14N2O2S. The SMILES string of the molecule is NNC(c1ccsc1)C1COCCO1. The lowest BCUT2D eigenvalue weighted by Crippen LogP contribution is -2.43. The lowest BCUT2D eigenvalue weighted by molar-refractivity contribution is -0.102. The van der Waals surface area contributed by atoms with E-state index in [2.05, 4.69) is 10.8 Å². The molecule has 1 aromatic rings. The average molecular weight is 214 g/mol. The van der Waals surface area contributed by atoms with Crippen molar-refractivity contribution in [3.05, 3.63) is 22.4 Å². The standard InChI is InChI=1S/C9H14N2O2S/c10-11-9(7-1-4-14-6-7)8-5-12-2-3-13-8/h1,4,6,8-9,11H,2-3,5,10H2. The summed E-state index contributed by atoms with van der Waals surface area (Å²) in [6.07, 6.45) is 0.0170. The van der Waals surface area contributed by atoms with E-state index in [1.165, 1.54) is 0 Å². The Balaban J connectivity index is 2.04. The molecule has 3 N–H and O–H groups in total. The highest BCUT2D eigenvalue weighted by molar-refractivity contribution is 7.07. The Kier molecular flexibility index (Phi) is 3.49. The summed E-state index contributed by atoms with van der Waals surface area (Å²) in [5.41, 5.74) is 3.94. The molecule has 1 fully saturated rings. The summed E-state index contributed by atoms with van der Waals surface area (Å²) in [5.74, 6) is 5.51. The molecule has 5 heteroatoms. The van der Waals surface area contributed by atoms with Crippen LogP contribution in [0.3, 0.4) is 0 Å². The van der Waals surface area contributed by atoms with Gasteiger partial charge in [-0.05, 0) is 22.4 Å². The monoisotopic (exact) mass is 214 g/mol. The highest BCUT2D eigenvalue weighted by Gasteiger charge is 2.25. The van der Waals surface area contributed by atoms with Crippen molar-refractivity contribution >= 4 is 11.3 Å². The first-order valence-corrected chi connectivity index (χ1v) is 5.53. The number of nitrogens with two attached hydrogens (primary N) is 1. The normalized spacial score (nSPS) is 24.8. The van der Waals surface area contributed by atoms with Crippen LogP contribution in [0.2, 0.25) is 0 Å². The zero-order chi connectivity index (χ0) is 9.80. The number of rotatable bonds is 3. The Hall–Kier alpha value is -0.460. The van der Waals surface area contributed by atoms with E-state index in [0.29, 0.717) is 19.8 Å². The van der Waals surface area contributed by atoms with Crippen molar-refractivity contribution < 1.29 is 9.47 Å². The van der Waals surface area contributed by atoms with Gasteiger partial charge in [-0.3, -0.25) is 11.3 Å². The van der Waals surface area contributed by atoms with Crippen LogP contribution in [0.1, 0.15) is 11.6 Å². The number of nitrogens with one attached hydrogen (secondary N) is 1. The Morgan fingerprint density at radius 3 is 3.07 bits per heavy atom. The van der Waals surface area contributed by atoms with E-state index in [1.807, 2.05) is 11.4 Å². The smallest absolute Gasteiger partial charge is 0.102 e. The number of hydrogen-bond acceptors (Lipinski definition) is 5. The fourth-order valence-electron chi connectivity index (χ4n) is 1.57. The minimum atomic E-state index is 0.0170. The van der Waals surface area contributed by atoms with Crippen LogP contribution in [-0.2, 0) is 9.47 Å². The van der Waals surface area contributed by atoms with Crippen LogP contribution >= 0.6 is 11.3 Å². The summed E-state index contributed by atoms with van der Waals surface area (Å²) in [6, 6.07) is 2.08. The third kappa shape index (κ3) is 2.13. The van der Waals surface area contributed by atoms with Crippen LogP contribution in [0, 0.1) is 0 Å². The Bertz CT molecular complexity index is 260. The summed E-state index contributed by atoms with van der Waals surface area (Å²) < 4.78 is 10.9. The van der Waals surface area contributed by atoms with Gasteiger partial charge in [-0.1, -0.05) is 0 Å². The second-order valence-electron chi connectivity index (χ2n) is 3.19. The van der Waals surface area contributed by atoms with Gasteiger partial charge in [-0.15, -0.1) is 0 Å². The summed E-state index contributed by atoms with van der Waals surface area (Å²) in [7, 11) is 0. The van der Waals surface area contributed by atoms with Gasteiger partial charge in [-0.2, -0.15) is 11.3 Å². The van der Waals surface area contributed by atoms with Gasteiger partial charge < -0.3 is 9.47 Å². The van der Waals surface area contributed by atoms with Crippen molar-refractivity contribution in [1.82, 2.24) is 5.43 Å². The van der Waals surface area contributed by atoms with Gasteiger partial charge in [0.05, 0.1) is 25.9 Å². The van der Waals surface area contributed by atoms with E-state index in [9.17, 15) is 0 Å². The largest absolute Gasteiger partial charge is 0.376 e.